The summed E-state index contributed by atoms with van der Waals surface area (Å²) in [5.41, 5.74) is 1.01. The fourth-order valence-corrected chi connectivity index (χ4v) is 7.88. The minimum Gasteiger partial charge on any atom is -0.464 e. The van der Waals surface area contributed by atoms with Crippen molar-refractivity contribution in [3.63, 3.8) is 0 Å². The number of esters is 2. The maximum Gasteiger partial charge on any atom is 0.329 e. The van der Waals surface area contributed by atoms with Gasteiger partial charge in [-0.3, -0.25) is 24.1 Å². The third-order valence-electron chi connectivity index (χ3n) is 6.61. The molecule has 0 bridgehead atoms. The molecule has 2 rings (SSSR count). The SMILES string of the molecule is CCOC(=O)C(CSSN[C@@H](C=S)CO)NC(=O)C1=NN(CCc2ccccc2)C(C(=O)NC(CSN[C@@H](CS)C(=O)S)C(=O)OCC)C1. The van der Waals surface area contributed by atoms with E-state index in [1.54, 1.807) is 13.8 Å². The lowest BCUT2D eigenvalue weighted by Gasteiger charge is -2.25. The molecule has 0 saturated carbocycles. The summed E-state index contributed by atoms with van der Waals surface area (Å²) >= 11 is 13.8. The smallest absolute Gasteiger partial charge is 0.329 e. The number of ether oxygens (including phenoxy) is 2. The molecule has 3 unspecified atom stereocenters. The van der Waals surface area contributed by atoms with Crippen molar-refractivity contribution in [1.82, 2.24) is 25.1 Å². The van der Waals surface area contributed by atoms with Gasteiger partial charge in [0, 0.05) is 30.2 Å². The van der Waals surface area contributed by atoms with E-state index in [2.05, 4.69) is 50.4 Å². The molecule has 5 N–H and O–H groups in total. The van der Waals surface area contributed by atoms with Gasteiger partial charge < -0.3 is 25.2 Å². The number of hydrazone groups is 1. The summed E-state index contributed by atoms with van der Waals surface area (Å²) in [6.45, 7) is 3.55. The van der Waals surface area contributed by atoms with Gasteiger partial charge in [0.1, 0.15) is 23.8 Å². The highest BCUT2D eigenvalue weighted by atomic mass is 33.1. The van der Waals surface area contributed by atoms with E-state index in [0.29, 0.717) is 6.42 Å². The molecule has 0 fully saturated rings. The number of hydrogen-bond donors (Lipinski definition) is 7. The summed E-state index contributed by atoms with van der Waals surface area (Å²) in [4.78, 5) is 64.4. The van der Waals surface area contributed by atoms with E-state index in [9.17, 15) is 29.1 Å². The number of carbonyl (C=O) groups excluding carboxylic acids is 5. The highest BCUT2D eigenvalue weighted by Crippen LogP contribution is 2.21. The van der Waals surface area contributed by atoms with E-state index in [-0.39, 0.29) is 55.8 Å². The molecule has 0 spiro atoms. The molecular formula is C29H42N6O8S6. The summed E-state index contributed by atoms with van der Waals surface area (Å²) in [5, 5.41) is 21.6. The highest BCUT2D eigenvalue weighted by molar-refractivity contribution is 8.76. The standard InChI is InChI=1S/C29H42N6O8S6/c1-3-42-27(39)22(16-47-34-21(15-45)29(41)46)31-26(38)24-12-20(32-35(24)11-10-18-8-6-5-7-9-18)25(37)30-23(28(40)43-4-2)17-48-49-33-19(13-36)14-44/h5-9,14,19,21-24,33-34,36,45H,3-4,10-13,15-17H2,1-2H3,(H,30,37)(H,31,38)(H,41,46)/t19-,21+,22?,23?,24?/m1/s1. The summed E-state index contributed by atoms with van der Waals surface area (Å²) in [7, 11) is 2.37. The van der Waals surface area contributed by atoms with Gasteiger partial charge in [-0.05, 0) is 42.2 Å². The van der Waals surface area contributed by atoms with Crippen molar-refractivity contribution in [3.05, 3.63) is 35.9 Å². The molecule has 2 amide bonds. The Balaban J connectivity index is 2.21. The average Bonchev–Trinajstić information content (AvgIpc) is 3.53. The fourth-order valence-electron chi connectivity index (χ4n) is 4.05. The van der Waals surface area contributed by atoms with E-state index in [0.717, 1.165) is 28.5 Å². The van der Waals surface area contributed by atoms with E-state index in [1.165, 1.54) is 21.2 Å². The topological polar surface area (TPSA) is 188 Å². The predicted molar refractivity (Wildman–Crippen MR) is 205 cm³/mol. The molecule has 49 heavy (non-hydrogen) atoms. The first-order valence-electron chi connectivity index (χ1n) is 15.2. The Morgan fingerprint density at radius 2 is 1.69 bits per heavy atom. The molecule has 0 saturated heterocycles. The van der Waals surface area contributed by atoms with Crippen molar-refractivity contribution in [3.8, 4) is 0 Å². The lowest BCUT2D eigenvalue weighted by Crippen LogP contribution is -2.51. The van der Waals surface area contributed by atoms with Crippen molar-refractivity contribution in [1.29, 1.82) is 0 Å². The number of aliphatic hydroxyl groups is 1. The minimum atomic E-state index is -1.09. The second-order valence-corrected chi connectivity index (χ2v) is 14.3. The minimum absolute atomic E-state index is 0.0204. The molecule has 272 valence electrons. The van der Waals surface area contributed by atoms with Gasteiger partial charge >= 0.3 is 11.9 Å². The Bertz CT molecular complexity index is 1280. The van der Waals surface area contributed by atoms with Crippen molar-refractivity contribution >= 4 is 111 Å². The van der Waals surface area contributed by atoms with Gasteiger partial charge in [-0.2, -0.15) is 17.7 Å². The van der Waals surface area contributed by atoms with Crippen molar-refractivity contribution in [2.24, 2.45) is 5.10 Å². The fraction of sp³-hybridized carbons (Fsp3) is 0.552. The first kappa shape index (κ1) is 43.1. The lowest BCUT2D eigenvalue weighted by atomic mass is 10.1. The van der Waals surface area contributed by atoms with Crippen LogP contribution < -0.4 is 20.1 Å². The van der Waals surface area contributed by atoms with Gasteiger partial charge in [-0.25, -0.2) is 14.3 Å². The summed E-state index contributed by atoms with van der Waals surface area (Å²) in [5.74, 6) is -2.21. The van der Waals surface area contributed by atoms with Crippen molar-refractivity contribution in [2.45, 2.75) is 56.9 Å². The van der Waals surface area contributed by atoms with Crippen molar-refractivity contribution < 1.29 is 38.6 Å². The summed E-state index contributed by atoms with van der Waals surface area (Å²) in [6.07, 6.45) is 0.408. The average molecular weight is 795 g/mol. The van der Waals surface area contributed by atoms with E-state index < -0.39 is 59.1 Å². The van der Waals surface area contributed by atoms with Gasteiger partial charge in [0.15, 0.2) is 0 Å². The Kier molecular flexibility index (Phi) is 21.3. The maximum absolute atomic E-state index is 13.7. The van der Waals surface area contributed by atoms with Gasteiger partial charge in [0.05, 0.1) is 31.9 Å². The van der Waals surface area contributed by atoms with Crippen LogP contribution >= 0.6 is 71.2 Å². The molecule has 1 aliphatic heterocycles. The van der Waals surface area contributed by atoms with Crippen LogP contribution in [-0.4, -0.2) is 124 Å². The molecule has 0 aliphatic carbocycles. The third-order valence-corrected chi connectivity index (χ3v) is 10.6. The molecule has 0 aromatic heterocycles. The van der Waals surface area contributed by atoms with Gasteiger partial charge in [0.2, 0.25) is 11.0 Å². The number of hydrogen-bond acceptors (Lipinski definition) is 17. The van der Waals surface area contributed by atoms with Gasteiger partial charge in [-0.15, -0.1) is 12.6 Å². The van der Waals surface area contributed by atoms with Crippen LogP contribution in [0.25, 0.3) is 0 Å². The zero-order valence-electron chi connectivity index (χ0n) is 26.9. The van der Waals surface area contributed by atoms with Crippen molar-refractivity contribution in [2.75, 3.05) is 43.6 Å². The van der Waals surface area contributed by atoms with Crippen LogP contribution in [0.5, 0.6) is 0 Å². The number of nitrogens with zero attached hydrogens (tertiary/aromatic N) is 2. The monoisotopic (exact) mass is 794 g/mol. The number of thiocarbonyl (C=S) groups is 1. The molecule has 1 aromatic rings. The second kappa shape index (κ2) is 24.2. The first-order chi connectivity index (χ1) is 23.6. The lowest BCUT2D eigenvalue weighted by molar-refractivity contribution is -0.147. The maximum atomic E-state index is 13.7. The molecule has 0 radical (unpaired) electrons. The Labute approximate surface area is 314 Å². The van der Waals surface area contributed by atoms with Crippen LogP contribution in [0.2, 0.25) is 0 Å². The normalized spacial score (nSPS) is 16.5. The third kappa shape index (κ3) is 15.4. The molecule has 14 nitrogen and oxygen atoms in total. The molecule has 5 atom stereocenters. The number of rotatable bonds is 24. The van der Waals surface area contributed by atoms with Gasteiger partial charge in [0.25, 0.3) is 5.91 Å². The van der Waals surface area contributed by atoms with E-state index in [4.69, 9.17) is 21.7 Å². The molecule has 1 aromatic carbocycles. The number of nitrogens with one attached hydrogen (secondary N) is 4. The van der Waals surface area contributed by atoms with E-state index >= 15 is 0 Å². The van der Waals surface area contributed by atoms with Gasteiger partial charge in [-0.1, -0.05) is 65.3 Å². The zero-order valence-corrected chi connectivity index (χ0v) is 32.0. The predicted octanol–water partition coefficient (Wildman–Crippen LogP) is 0.994. The molecule has 20 heteroatoms. The summed E-state index contributed by atoms with van der Waals surface area (Å²) in [6, 6.07) is 5.34. The van der Waals surface area contributed by atoms with Crippen LogP contribution in [0.1, 0.15) is 25.8 Å². The Morgan fingerprint density at radius 1 is 1.04 bits per heavy atom. The largest absolute Gasteiger partial charge is 0.464 e. The Hall–Kier alpha value is -2.04. The van der Waals surface area contributed by atoms with Crippen LogP contribution in [-0.2, 0) is 39.9 Å². The number of aliphatic hydroxyl groups excluding tert-OH is 1. The van der Waals surface area contributed by atoms with Crippen LogP contribution in [0, 0.1) is 0 Å². The highest BCUT2D eigenvalue weighted by Gasteiger charge is 2.38. The zero-order chi connectivity index (χ0) is 36.2. The van der Waals surface area contributed by atoms with Crippen LogP contribution in [0.4, 0.5) is 0 Å². The molecule has 1 heterocycles. The Morgan fingerprint density at radius 3 is 2.27 bits per heavy atom. The number of benzene rings is 1. The molecular weight excluding hydrogens is 753 g/mol. The number of amides is 2. The van der Waals surface area contributed by atoms with Crippen LogP contribution in [0.3, 0.4) is 0 Å². The first-order valence-corrected chi connectivity index (χ1v) is 20.1. The quantitative estimate of drug-likeness (QED) is 0.0196. The second-order valence-electron chi connectivity index (χ2n) is 10.2. The number of carbonyl (C=O) groups is 5. The summed E-state index contributed by atoms with van der Waals surface area (Å²) < 4.78 is 16.1. The van der Waals surface area contributed by atoms with Crippen LogP contribution in [0.15, 0.2) is 35.4 Å². The van der Waals surface area contributed by atoms with E-state index in [1.807, 2.05) is 30.3 Å². The molecule has 1 aliphatic rings. The number of thiol groups is 2.